The Hall–Kier alpha value is -1.62. The van der Waals surface area contributed by atoms with Crippen molar-refractivity contribution < 1.29 is 4.42 Å². The maximum Gasteiger partial charge on any atom is 0.192 e. The van der Waals surface area contributed by atoms with Crippen LogP contribution in [0.2, 0.25) is 0 Å². The molecule has 0 radical (unpaired) electrons. The first-order valence-electron chi connectivity index (χ1n) is 5.23. The first kappa shape index (κ1) is 10.5. The summed E-state index contributed by atoms with van der Waals surface area (Å²) in [5, 5.41) is 0. The highest BCUT2D eigenvalue weighted by atomic mass is 79.9. The smallest absolute Gasteiger partial charge is 0.192 e. The van der Waals surface area contributed by atoms with Gasteiger partial charge in [0.1, 0.15) is 21.6 Å². The SMILES string of the molecule is Cc1nc(-c2ccc3oc(C)nc3c2)c(Br)[nH]1. The fraction of sp³-hybridized carbons (Fsp3) is 0.167. The lowest BCUT2D eigenvalue weighted by molar-refractivity contribution is 0.561. The highest BCUT2D eigenvalue weighted by molar-refractivity contribution is 9.10. The molecule has 0 spiro atoms. The molecule has 17 heavy (non-hydrogen) atoms. The maximum atomic E-state index is 5.44. The van der Waals surface area contributed by atoms with Gasteiger partial charge in [0.05, 0.1) is 0 Å². The Labute approximate surface area is 106 Å². The molecule has 86 valence electrons. The molecule has 4 nitrogen and oxygen atoms in total. The molecule has 0 saturated carbocycles. The molecule has 3 rings (SSSR count). The third kappa shape index (κ3) is 1.76. The van der Waals surface area contributed by atoms with E-state index in [2.05, 4.69) is 30.9 Å². The molecule has 1 N–H and O–H groups in total. The Morgan fingerprint density at radius 3 is 2.76 bits per heavy atom. The minimum atomic E-state index is 0.675. The lowest BCUT2D eigenvalue weighted by atomic mass is 10.1. The van der Waals surface area contributed by atoms with E-state index in [1.54, 1.807) is 0 Å². The van der Waals surface area contributed by atoms with Crippen LogP contribution in [0.1, 0.15) is 11.7 Å². The number of nitrogens with zero attached hydrogens (tertiary/aromatic N) is 2. The Morgan fingerprint density at radius 1 is 1.24 bits per heavy atom. The number of nitrogens with one attached hydrogen (secondary N) is 1. The van der Waals surface area contributed by atoms with E-state index in [9.17, 15) is 0 Å². The number of aromatic nitrogens is 3. The number of fused-ring (bicyclic) bond motifs is 1. The van der Waals surface area contributed by atoms with Crippen LogP contribution in [0.25, 0.3) is 22.4 Å². The number of rotatable bonds is 1. The first-order valence-corrected chi connectivity index (χ1v) is 6.02. The van der Waals surface area contributed by atoms with Crippen molar-refractivity contribution in [3.63, 3.8) is 0 Å². The highest BCUT2D eigenvalue weighted by Gasteiger charge is 2.10. The molecule has 0 fully saturated rings. The Kier molecular flexibility index (Phi) is 2.29. The number of halogens is 1. The minimum Gasteiger partial charge on any atom is -0.441 e. The van der Waals surface area contributed by atoms with Crippen molar-refractivity contribution in [3.05, 3.63) is 34.5 Å². The van der Waals surface area contributed by atoms with Gasteiger partial charge in [-0.15, -0.1) is 0 Å². The van der Waals surface area contributed by atoms with Crippen LogP contribution in [-0.2, 0) is 0 Å². The van der Waals surface area contributed by atoms with Gasteiger partial charge in [-0.1, -0.05) is 0 Å². The second-order valence-electron chi connectivity index (χ2n) is 3.90. The van der Waals surface area contributed by atoms with E-state index in [4.69, 9.17) is 4.42 Å². The largest absolute Gasteiger partial charge is 0.441 e. The van der Waals surface area contributed by atoms with Crippen LogP contribution in [0.5, 0.6) is 0 Å². The molecule has 0 bridgehead atoms. The van der Waals surface area contributed by atoms with Crippen molar-refractivity contribution in [2.75, 3.05) is 0 Å². The summed E-state index contributed by atoms with van der Waals surface area (Å²) in [6.07, 6.45) is 0. The summed E-state index contributed by atoms with van der Waals surface area (Å²) in [4.78, 5) is 11.9. The third-order valence-corrected chi connectivity index (χ3v) is 3.12. The van der Waals surface area contributed by atoms with E-state index in [1.165, 1.54) is 0 Å². The van der Waals surface area contributed by atoms with E-state index >= 15 is 0 Å². The molecule has 0 aliphatic heterocycles. The summed E-state index contributed by atoms with van der Waals surface area (Å²) in [6, 6.07) is 5.88. The van der Waals surface area contributed by atoms with Gasteiger partial charge in [-0.2, -0.15) is 0 Å². The molecule has 0 amide bonds. The molecule has 2 aromatic heterocycles. The molecular weight excluding hydrogens is 282 g/mol. The molecule has 0 saturated heterocycles. The summed E-state index contributed by atoms with van der Waals surface area (Å²) in [6.45, 7) is 3.77. The van der Waals surface area contributed by atoms with Crippen molar-refractivity contribution in [2.45, 2.75) is 13.8 Å². The van der Waals surface area contributed by atoms with E-state index in [1.807, 2.05) is 32.0 Å². The van der Waals surface area contributed by atoms with Crippen LogP contribution in [0.3, 0.4) is 0 Å². The maximum absolute atomic E-state index is 5.44. The van der Waals surface area contributed by atoms with E-state index in [-0.39, 0.29) is 0 Å². The summed E-state index contributed by atoms with van der Waals surface area (Å²) >= 11 is 3.46. The molecule has 0 unspecified atom stereocenters. The lowest BCUT2D eigenvalue weighted by Crippen LogP contribution is -1.79. The van der Waals surface area contributed by atoms with Crippen LogP contribution in [0.15, 0.2) is 27.2 Å². The number of aryl methyl sites for hydroxylation is 2. The second kappa shape index (κ2) is 3.70. The summed E-state index contributed by atoms with van der Waals surface area (Å²) in [5.41, 5.74) is 3.56. The van der Waals surface area contributed by atoms with Crippen LogP contribution in [0.4, 0.5) is 0 Å². The van der Waals surface area contributed by atoms with E-state index < -0.39 is 0 Å². The second-order valence-corrected chi connectivity index (χ2v) is 4.69. The molecule has 0 aliphatic carbocycles. The minimum absolute atomic E-state index is 0.675. The number of imidazole rings is 1. The number of hydrogen-bond acceptors (Lipinski definition) is 3. The van der Waals surface area contributed by atoms with Crippen LogP contribution in [-0.4, -0.2) is 15.0 Å². The molecule has 2 heterocycles. The predicted molar refractivity (Wildman–Crippen MR) is 68.8 cm³/mol. The van der Waals surface area contributed by atoms with Crippen molar-refractivity contribution in [1.29, 1.82) is 0 Å². The number of oxazole rings is 1. The Morgan fingerprint density at radius 2 is 2.06 bits per heavy atom. The van der Waals surface area contributed by atoms with Gasteiger partial charge in [0, 0.05) is 12.5 Å². The fourth-order valence-corrected chi connectivity index (χ4v) is 2.45. The molecule has 1 aromatic carbocycles. The molecule has 0 atom stereocenters. The molecule has 5 heteroatoms. The van der Waals surface area contributed by atoms with Gasteiger partial charge in [0.2, 0.25) is 0 Å². The lowest BCUT2D eigenvalue weighted by Gasteiger charge is -1.96. The van der Waals surface area contributed by atoms with Crippen LogP contribution >= 0.6 is 15.9 Å². The van der Waals surface area contributed by atoms with Gasteiger partial charge in [0.25, 0.3) is 0 Å². The van der Waals surface area contributed by atoms with Crippen molar-refractivity contribution in [1.82, 2.24) is 15.0 Å². The zero-order valence-corrected chi connectivity index (χ0v) is 11.0. The predicted octanol–water partition coefficient (Wildman–Crippen LogP) is 3.60. The summed E-state index contributed by atoms with van der Waals surface area (Å²) < 4.78 is 6.33. The molecule has 0 aliphatic rings. The fourth-order valence-electron chi connectivity index (χ4n) is 1.84. The van der Waals surface area contributed by atoms with Crippen LogP contribution in [0, 0.1) is 13.8 Å². The van der Waals surface area contributed by atoms with E-state index in [0.29, 0.717) is 5.89 Å². The zero-order chi connectivity index (χ0) is 12.0. The Balaban J connectivity index is 2.20. The first-order chi connectivity index (χ1) is 8.13. The Bertz CT molecular complexity index is 699. The zero-order valence-electron chi connectivity index (χ0n) is 9.41. The van der Waals surface area contributed by atoms with Gasteiger partial charge in [-0.3, -0.25) is 0 Å². The van der Waals surface area contributed by atoms with Crippen molar-refractivity contribution in [2.24, 2.45) is 0 Å². The number of benzene rings is 1. The van der Waals surface area contributed by atoms with Gasteiger partial charge in [0.15, 0.2) is 11.5 Å². The van der Waals surface area contributed by atoms with Crippen molar-refractivity contribution in [3.8, 4) is 11.3 Å². The third-order valence-electron chi connectivity index (χ3n) is 2.55. The van der Waals surface area contributed by atoms with Gasteiger partial charge >= 0.3 is 0 Å². The quantitative estimate of drug-likeness (QED) is 0.745. The number of H-pyrrole nitrogens is 1. The average molecular weight is 292 g/mol. The van der Waals surface area contributed by atoms with Crippen LogP contribution < -0.4 is 0 Å². The average Bonchev–Trinajstić information content (AvgIpc) is 2.78. The molecule has 3 aromatic rings. The van der Waals surface area contributed by atoms with Gasteiger partial charge < -0.3 is 9.40 Å². The number of hydrogen-bond donors (Lipinski definition) is 1. The topological polar surface area (TPSA) is 54.7 Å². The normalized spacial score (nSPS) is 11.2. The molecular formula is C12H10BrN3O. The van der Waals surface area contributed by atoms with E-state index in [0.717, 1.165) is 32.8 Å². The van der Waals surface area contributed by atoms with Gasteiger partial charge in [-0.25, -0.2) is 9.97 Å². The van der Waals surface area contributed by atoms with Crippen molar-refractivity contribution >= 4 is 27.0 Å². The highest BCUT2D eigenvalue weighted by Crippen LogP contribution is 2.28. The number of aromatic amines is 1. The monoisotopic (exact) mass is 291 g/mol. The standard InChI is InChI=1S/C12H10BrN3O/c1-6-14-11(12(13)15-6)8-3-4-10-9(5-8)16-7(2)17-10/h3-5H,1-2H3,(H,14,15). The summed E-state index contributed by atoms with van der Waals surface area (Å²) in [7, 11) is 0. The van der Waals surface area contributed by atoms with Gasteiger partial charge in [-0.05, 0) is 41.1 Å². The summed E-state index contributed by atoms with van der Waals surface area (Å²) in [5.74, 6) is 1.55.